The zero-order valence-electron chi connectivity index (χ0n) is 10.8. The molecule has 0 spiro atoms. The van der Waals surface area contributed by atoms with Gasteiger partial charge in [-0.3, -0.25) is 9.59 Å². The highest BCUT2D eigenvalue weighted by atomic mass is 16.6. The highest BCUT2D eigenvalue weighted by molar-refractivity contribution is 5.67. The van der Waals surface area contributed by atoms with Crippen molar-refractivity contribution in [1.29, 1.82) is 0 Å². The number of rotatable bonds is 6. The van der Waals surface area contributed by atoms with Gasteiger partial charge in [0, 0.05) is 13.8 Å². The zero-order valence-corrected chi connectivity index (χ0v) is 10.8. The Labute approximate surface area is 97.3 Å². The summed E-state index contributed by atoms with van der Waals surface area (Å²) >= 11 is 0. The predicted octanol–water partition coefficient (Wildman–Crippen LogP) is 2.45. The molecule has 0 aliphatic rings. The first-order valence-electron chi connectivity index (χ1n) is 5.78. The predicted molar refractivity (Wildman–Crippen MR) is 60.9 cm³/mol. The molecule has 94 valence electrons. The van der Waals surface area contributed by atoms with Crippen molar-refractivity contribution in [2.45, 2.75) is 65.6 Å². The summed E-state index contributed by atoms with van der Waals surface area (Å²) in [4.78, 5) is 22.1. The van der Waals surface area contributed by atoms with E-state index in [0.29, 0.717) is 19.3 Å². The van der Waals surface area contributed by atoms with Crippen molar-refractivity contribution in [3.63, 3.8) is 0 Å². The van der Waals surface area contributed by atoms with Crippen LogP contribution in [-0.4, -0.2) is 23.6 Å². The molecule has 0 aromatic heterocycles. The van der Waals surface area contributed by atoms with Crippen molar-refractivity contribution in [3.8, 4) is 0 Å². The van der Waals surface area contributed by atoms with E-state index in [1.165, 1.54) is 13.8 Å². The second kappa shape index (κ2) is 6.51. The highest BCUT2D eigenvalue weighted by Crippen LogP contribution is 2.29. The normalized spacial score (nSPS) is 13.1. The van der Waals surface area contributed by atoms with E-state index in [4.69, 9.17) is 9.47 Å². The first-order chi connectivity index (χ1) is 7.41. The SMILES string of the molecule is CCC(OC(C)=O)C(CC)(CC)OC(C)=O. The van der Waals surface area contributed by atoms with Gasteiger partial charge in [0.1, 0.15) is 11.7 Å². The Balaban J connectivity index is 4.94. The first kappa shape index (κ1) is 14.9. The maximum atomic E-state index is 11.1. The van der Waals surface area contributed by atoms with Gasteiger partial charge in [0.2, 0.25) is 0 Å². The maximum Gasteiger partial charge on any atom is 0.303 e. The van der Waals surface area contributed by atoms with Crippen molar-refractivity contribution in [2.24, 2.45) is 0 Å². The summed E-state index contributed by atoms with van der Waals surface area (Å²) in [5.41, 5.74) is -0.688. The zero-order chi connectivity index (χ0) is 12.8. The van der Waals surface area contributed by atoms with Crippen LogP contribution >= 0.6 is 0 Å². The summed E-state index contributed by atoms with van der Waals surface area (Å²) < 4.78 is 10.6. The lowest BCUT2D eigenvalue weighted by atomic mass is 9.88. The standard InChI is InChI=1S/C12H22O4/c1-6-11(15-9(4)13)12(7-2,8-3)16-10(5)14/h11H,6-8H2,1-5H3. The van der Waals surface area contributed by atoms with Crippen LogP contribution in [0.5, 0.6) is 0 Å². The summed E-state index contributed by atoms with van der Waals surface area (Å²) in [6, 6.07) is 0. The summed E-state index contributed by atoms with van der Waals surface area (Å²) in [5.74, 6) is -0.681. The summed E-state index contributed by atoms with van der Waals surface area (Å²) in [6.45, 7) is 8.52. The third-order valence-corrected chi connectivity index (χ3v) is 2.81. The van der Waals surface area contributed by atoms with Crippen LogP contribution in [0, 0.1) is 0 Å². The van der Waals surface area contributed by atoms with E-state index in [-0.39, 0.29) is 18.0 Å². The van der Waals surface area contributed by atoms with E-state index in [1.54, 1.807) is 0 Å². The Bertz CT molecular complexity index is 243. The molecule has 16 heavy (non-hydrogen) atoms. The Morgan fingerprint density at radius 1 is 1.06 bits per heavy atom. The molecule has 1 unspecified atom stereocenters. The molecule has 0 saturated heterocycles. The molecule has 0 fully saturated rings. The third-order valence-electron chi connectivity index (χ3n) is 2.81. The fourth-order valence-corrected chi connectivity index (χ4v) is 1.96. The number of carbonyl (C=O) groups excluding carboxylic acids is 2. The van der Waals surface area contributed by atoms with Crippen LogP contribution in [-0.2, 0) is 19.1 Å². The van der Waals surface area contributed by atoms with E-state index in [1.807, 2.05) is 20.8 Å². The molecule has 0 amide bonds. The monoisotopic (exact) mass is 230 g/mol. The van der Waals surface area contributed by atoms with Crippen molar-refractivity contribution in [2.75, 3.05) is 0 Å². The van der Waals surface area contributed by atoms with Crippen molar-refractivity contribution in [1.82, 2.24) is 0 Å². The van der Waals surface area contributed by atoms with Crippen LogP contribution in [0.4, 0.5) is 0 Å². The summed E-state index contributed by atoms with van der Waals surface area (Å²) in [7, 11) is 0. The molecule has 0 aliphatic carbocycles. The minimum Gasteiger partial charge on any atom is -0.458 e. The van der Waals surface area contributed by atoms with Gasteiger partial charge in [-0.2, -0.15) is 0 Å². The Kier molecular flexibility index (Phi) is 6.08. The van der Waals surface area contributed by atoms with Gasteiger partial charge in [0.05, 0.1) is 0 Å². The summed E-state index contributed by atoms with van der Waals surface area (Å²) in [5, 5.41) is 0. The molecule has 0 rings (SSSR count). The van der Waals surface area contributed by atoms with Crippen molar-refractivity contribution in [3.05, 3.63) is 0 Å². The van der Waals surface area contributed by atoms with Gasteiger partial charge in [0.15, 0.2) is 0 Å². The lowest BCUT2D eigenvalue weighted by molar-refractivity contribution is -0.186. The second-order valence-electron chi connectivity index (χ2n) is 3.87. The van der Waals surface area contributed by atoms with Crippen LogP contribution in [0.15, 0.2) is 0 Å². The molecule has 4 heteroatoms. The van der Waals surface area contributed by atoms with E-state index >= 15 is 0 Å². The highest BCUT2D eigenvalue weighted by Gasteiger charge is 2.40. The minimum absolute atomic E-state index is 0.339. The van der Waals surface area contributed by atoms with Gasteiger partial charge in [-0.25, -0.2) is 0 Å². The number of hydrogen-bond donors (Lipinski definition) is 0. The van der Waals surface area contributed by atoms with E-state index < -0.39 is 5.60 Å². The largest absolute Gasteiger partial charge is 0.458 e. The molecule has 4 nitrogen and oxygen atoms in total. The molecular weight excluding hydrogens is 208 g/mol. The quantitative estimate of drug-likeness (QED) is 0.658. The summed E-state index contributed by atoms with van der Waals surface area (Å²) in [6.07, 6.45) is 1.53. The van der Waals surface area contributed by atoms with Gasteiger partial charge in [-0.1, -0.05) is 20.8 Å². The minimum atomic E-state index is -0.688. The van der Waals surface area contributed by atoms with Crippen molar-refractivity contribution < 1.29 is 19.1 Å². The molecule has 0 radical (unpaired) electrons. The Hall–Kier alpha value is -1.06. The maximum absolute atomic E-state index is 11.1. The number of esters is 2. The third kappa shape index (κ3) is 3.83. The Morgan fingerprint density at radius 2 is 1.56 bits per heavy atom. The van der Waals surface area contributed by atoms with Crippen LogP contribution in [0.3, 0.4) is 0 Å². The van der Waals surface area contributed by atoms with E-state index in [9.17, 15) is 9.59 Å². The molecule has 0 aromatic carbocycles. The molecule has 0 aromatic rings. The number of ether oxygens (including phenoxy) is 2. The lowest BCUT2D eigenvalue weighted by Gasteiger charge is -2.37. The number of hydrogen-bond acceptors (Lipinski definition) is 4. The average molecular weight is 230 g/mol. The smallest absolute Gasteiger partial charge is 0.303 e. The molecule has 0 aliphatic heterocycles. The van der Waals surface area contributed by atoms with Crippen LogP contribution in [0.2, 0.25) is 0 Å². The molecular formula is C12H22O4. The van der Waals surface area contributed by atoms with Crippen molar-refractivity contribution >= 4 is 11.9 Å². The molecule has 0 bridgehead atoms. The Morgan fingerprint density at radius 3 is 1.81 bits per heavy atom. The molecule has 1 atom stereocenters. The van der Waals surface area contributed by atoms with E-state index in [2.05, 4.69) is 0 Å². The van der Waals surface area contributed by atoms with Crippen LogP contribution in [0.1, 0.15) is 53.9 Å². The molecule has 0 N–H and O–H groups in total. The van der Waals surface area contributed by atoms with E-state index in [0.717, 1.165) is 0 Å². The fourth-order valence-electron chi connectivity index (χ4n) is 1.96. The van der Waals surface area contributed by atoms with Gasteiger partial charge in [-0.05, 0) is 19.3 Å². The van der Waals surface area contributed by atoms with Gasteiger partial charge in [-0.15, -0.1) is 0 Å². The van der Waals surface area contributed by atoms with Crippen LogP contribution in [0.25, 0.3) is 0 Å². The van der Waals surface area contributed by atoms with Crippen LogP contribution < -0.4 is 0 Å². The van der Waals surface area contributed by atoms with Gasteiger partial charge < -0.3 is 9.47 Å². The molecule has 0 heterocycles. The average Bonchev–Trinajstić information content (AvgIpc) is 2.22. The topological polar surface area (TPSA) is 52.6 Å². The molecule has 0 saturated carbocycles. The fraction of sp³-hybridized carbons (Fsp3) is 0.833. The number of carbonyl (C=O) groups is 2. The lowest BCUT2D eigenvalue weighted by Crippen LogP contribution is -2.47. The first-order valence-corrected chi connectivity index (χ1v) is 5.78. The van der Waals surface area contributed by atoms with Gasteiger partial charge in [0.25, 0.3) is 0 Å². The second-order valence-corrected chi connectivity index (χ2v) is 3.87. The van der Waals surface area contributed by atoms with Gasteiger partial charge >= 0.3 is 11.9 Å².